The lowest BCUT2D eigenvalue weighted by molar-refractivity contribution is 0.0936. The number of rotatable bonds is 3. The number of imidazole rings is 1. The zero-order valence-electron chi connectivity index (χ0n) is 10.7. The Balaban J connectivity index is 1.63. The van der Waals surface area contributed by atoms with E-state index in [1.165, 1.54) is 18.5 Å². The first-order valence-electron chi connectivity index (χ1n) is 6.37. The Hall–Kier alpha value is -2.18. The number of nitrogens with zero attached hydrogens (tertiary/aromatic N) is 3. The molecule has 0 fully saturated rings. The van der Waals surface area contributed by atoms with Crippen LogP contribution in [-0.4, -0.2) is 26.0 Å². The van der Waals surface area contributed by atoms with E-state index in [0.29, 0.717) is 12.4 Å². The zero-order valence-corrected chi connectivity index (χ0v) is 10.7. The van der Waals surface area contributed by atoms with E-state index >= 15 is 0 Å². The minimum Gasteiger partial charge on any atom is -0.344 e. The van der Waals surface area contributed by atoms with Crippen LogP contribution in [0.25, 0.3) is 0 Å². The first-order valence-corrected chi connectivity index (χ1v) is 6.37. The van der Waals surface area contributed by atoms with Crippen molar-refractivity contribution in [2.75, 3.05) is 0 Å². The molecule has 1 amide bonds. The van der Waals surface area contributed by atoms with Gasteiger partial charge in [0.25, 0.3) is 11.7 Å². The smallest absolute Gasteiger partial charge is 0.293 e. The Morgan fingerprint density at radius 1 is 1.37 bits per heavy atom. The molecule has 0 spiro atoms. The highest BCUT2D eigenvalue weighted by molar-refractivity contribution is 5.90. The minimum absolute atomic E-state index is 0.0498. The summed E-state index contributed by atoms with van der Waals surface area (Å²) in [6.45, 7) is 1.99. The summed E-state index contributed by atoms with van der Waals surface area (Å²) in [6, 6.07) is 0. The number of hydrogen-bond acceptors (Lipinski definition) is 5. The van der Waals surface area contributed by atoms with Crippen LogP contribution in [0.4, 0.5) is 0 Å². The highest BCUT2D eigenvalue weighted by Gasteiger charge is 2.16. The Morgan fingerprint density at radius 3 is 2.95 bits per heavy atom. The lowest BCUT2D eigenvalue weighted by Gasteiger charge is -2.07. The van der Waals surface area contributed by atoms with Gasteiger partial charge in [-0.1, -0.05) is 5.16 Å². The van der Waals surface area contributed by atoms with Gasteiger partial charge in [0.05, 0.1) is 12.2 Å². The first kappa shape index (κ1) is 11.9. The van der Waals surface area contributed by atoms with E-state index < -0.39 is 0 Å². The predicted molar refractivity (Wildman–Crippen MR) is 65.4 cm³/mol. The standard InChI is InChI=1S/C12H15N5O2/c1-7-14-11(17-19-7)12(18)13-6-10-15-8-4-2-3-5-9(8)16-10/h2-6H2,1H3,(H,13,18)(H,15,16). The highest BCUT2D eigenvalue weighted by atomic mass is 16.5. The molecular weight excluding hydrogens is 246 g/mol. The lowest BCUT2D eigenvalue weighted by Crippen LogP contribution is -2.24. The number of H-pyrrole nitrogens is 1. The molecule has 1 aliphatic rings. The Morgan fingerprint density at radius 2 is 2.21 bits per heavy atom. The monoisotopic (exact) mass is 261 g/mol. The van der Waals surface area contributed by atoms with Crippen LogP contribution in [0.5, 0.6) is 0 Å². The summed E-state index contributed by atoms with van der Waals surface area (Å²) in [6.07, 6.45) is 4.44. The summed E-state index contributed by atoms with van der Waals surface area (Å²) in [7, 11) is 0. The van der Waals surface area contributed by atoms with Gasteiger partial charge in [-0.15, -0.1) is 0 Å². The number of aromatic amines is 1. The summed E-state index contributed by atoms with van der Waals surface area (Å²) in [5, 5.41) is 6.28. The van der Waals surface area contributed by atoms with Gasteiger partial charge in [0, 0.05) is 12.6 Å². The first-order chi connectivity index (χ1) is 9.22. The van der Waals surface area contributed by atoms with Crippen molar-refractivity contribution in [1.29, 1.82) is 0 Å². The number of carbonyl (C=O) groups is 1. The van der Waals surface area contributed by atoms with Crippen LogP contribution in [0.1, 0.15) is 46.6 Å². The van der Waals surface area contributed by atoms with Crippen LogP contribution in [0.3, 0.4) is 0 Å². The fraction of sp³-hybridized carbons (Fsp3) is 0.500. The third-order valence-corrected chi connectivity index (χ3v) is 3.15. The second-order valence-corrected chi connectivity index (χ2v) is 4.64. The molecule has 0 aromatic carbocycles. The van der Waals surface area contributed by atoms with Crippen molar-refractivity contribution in [2.45, 2.75) is 39.2 Å². The molecule has 0 radical (unpaired) electrons. The minimum atomic E-state index is -0.355. The molecule has 7 nitrogen and oxygen atoms in total. The molecule has 0 unspecified atom stereocenters. The van der Waals surface area contributed by atoms with Crippen molar-refractivity contribution in [3.05, 3.63) is 28.9 Å². The van der Waals surface area contributed by atoms with Crippen LogP contribution >= 0.6 is 0 Å². The van der Waals surface area contributed by atoms with Gasteiger partial charge in [0.1, 0.15) is 5.82 Å². The summed E-state index contributed by atoms with van der Waals surface area (Å²) in [5.74, 6) is 0.846. The van der Waals surface area contributed by atoms with E-state index in [2.05, 4.69) is 25.4 Å². The number of nitrogens with one attached hydrogen (secondary N) is 2. The molecular formula is C12H15N5O2. The van der Waals surface area contributed by atoms with Crippen molar-refractivity contribution in [3.8, 4) is 0 Å². The van der Waals surface area contributed by atoms with E-state index in [1.807, 2.05) is 0 Å². The molecule has 0 aliphatic heterocycles. The van der Waals surface area contributed by atoms with Crippen LogP contribution in [0.15, 0.2) is 4.52 Å². The third kappa shape index (κ3) is 2.49. The molecule has 2 aromatic heterocycles. The summed E-state index contributed by atoms with van der Waals surface area (Å²) in [5.41, 5.74) is 2.33. The Labute approximate surface area is 109 Å². The summed E-state index contributed by atoms with van der Waals surface area (Å²) in [4.78, 5) is 23.3. The van der Waals surface area contributed by atoms with Gasteiger partial charge >= 0.3 is 0 Å². The van der Waals surface area contributed by atoms with E-state index in [0.717, 1.165) is 24.4 Å². The largest absolute Gasteiger partial charge is 0.344 e. The molecule has 19 heavy (non-hydrogen) atoms. The van der Waals surface area contributed by atoms with Gasteiger partial charge in [-0.05, 0) is 25.7 Å². The van der Waals surface area contributed by atoms with Gasteiger partial charge in [-0.3, -0.25) is 4.79 Å². The maximum atomic E-state index is 11.7. The quantitative estimate of drug-likeness (QED) is 0.856. The molecule has 100 valence electrons. The Kier molecular flexibility index (Phi) is 3.02. The number of aryl methyl sites for hydroxylation is 3. The fourth-order valence-corrected chi connectivity index (χ4v) is 2.23. The molecule has 7 heteroatoms. The van der Waals surface area contributed by atoms with E-state index in [4.69, 9.17) is 4.52 Å². The number of fused-ring (bicyclic) bond motifs is 1. The Bertz CT molecular complexity index is 578. The van der Waals surface area contributed by atoms with Crippen LogP contribution in [0.2, 0.25) is 0 Å². The zero-order chi connectivity index (χ0) is 13.2. The molecule has 2 heterocycles. The van der Waals surface area contributed by atoms with E-state index in [1.54, 1.807) is 6.92 Å². The molecule has 0 atom stereocenters. The predicted octanol–water partition coefficient (Wildman–Crippen LogP) is 0.910. The average Bonchev–Trinajstić information content (AvgIpc) is 3.01. The third-order valence-electron chi connectivity index (χ3n) is 3.15. The van der Waals surface area contributed by atoms with Crippen LogP contribution in [-0.2, 0) is 19.4 Å². The number of amides is 1. The van der Waals surface area contributed by atoms with Crippen LogP contribution in [0, 0.1) is 6.92 Å². The van der Waals surface area contributed by atoms with E-state index in [9.17, 15) is 4.79 Å². The van der Waals surface area contributed by atoms with Crippen molar-refractivity contribution < 1.29 is 9.32 Å². The second-order valence-electron chi connectivity index (χ2n) is 4.64. The highest BCUT2D eigenvalue weighted by Crippen LogP contribution is 2.18. The molecule has 1 aliphatic carbocycles. The normalized spacial score (nSPS) is 14.2. The molecule has 2 aromatic rings. The number of hydrogen-bond donors (Lipinski definition) is 2. The molecule has 2 N–H and O–H groups in total. The number of carbonyl (C=O) groups excluding carboxylic acids is 1. The molecule has 3 rings (SSSR count). The second kappa shape index (κ2) is 4.83. The molecule has 0 bridgehead atoms. The van der Waals surface area contributed by atoms with Gasteiger partial charge in [0.15, 0.2) is 0 Å². The number of aromatic nitrogens is 4. The van der Waals surface area contributed by atoms with Gasteiger partial charge in [0.2, 0.25) is 5.89 Å². The molecule has 0 saturated carbocycles. The topological polar surface area (TPSA) is 96.7 Å². The van der Waals surface area contributed by atoms with Crippen molar-refractivity contribution in [3.63, 3.8) is 0 Å². The summed E-state index contributed by atoms with van der Waals surface area (Å²) >= 11 is 0. The maximum absolute atomic E-state index is 11.7. The average molecular weight is 261 g/mol. The van der Waals surface area contributed by atoms with Crippen molar-refractivity contribution in [1.82, 2.24) is 25.4 Å². The van der Waals surface area contributed by atoms with Gasteiger partial charge in [-0.25, -0.2) is 4.98 Å². The van der Waals surface area contributed by atoms with Crippen molar-refractivity contribution in [2.24, 2.45) is 0 Å². The van der Waals surface area contributed by atoms with Gasteiger partial charge < -0.3 is 14.8 Å². The van der Waals surface area contributed by atoms with Crippen molar-refractivity contribution >= 4 is 5.91 Å². The van der Waals surface area contributed by atoms with Gasteiger partial charge in [-0.2, -0.15) is 4.98 Å². The SMILES string of the molecule is Cc1nc(C(=O)NCc2nc3c([nH]2)CCCC3)no1. The fourth-order valence-electron chi connectivity index (χ4n) is 2.23. The maximum Gasteiger partial charge on any atom is 0.293 e. The van der Waals surface area contributed by atoms with E-state index in [-0.39, 0.29) is 11.7 Å². The lowest BCUT2D eigenvalue weighted by atomic mass is 10.0. The summed E-state index contributed by atoms with van der Waals surface area (Å²) < 4.78 is 4.76. The molecule has 0 saturated heterocycles. The van der Waals surface area contributed by atoms with Crippen LogP contribution < -0.4 is 5.32 Å².